The lowest BCUT2D eigenvalue weighted by atomic mass is 9.94. The first-order valence-corrected chi connectivity index (χ1v) is 9.90. The average molecular weight is 387 g/mol. The lowest BCUT2D eigenvalue weighted by molar-refractivity contribution is 0.103. The molecule has 134 valence electrons. The number of hydrogen-bond donors (Lipinski definition) is 1. The number of carbonyl (C=O) groups excluding carboxylic acids is 1. The van der Waals surface area contributed by atoms with Crippen LogP contribution >= 0.6 is 11.6 Å². The molecule has 0 radical (unpaired) electrons. The van der Waals surface area contributed by atoms with Crippen LogP contribution in [0.5, 0.6) is 0 Å². The predicted octanol–water partition coefficient (Wildman–Crippen LogP) is 3.19. The van der Waals surface area contributed by atoms with Crippen LogP contribution in [0.1, 0.15) is 59.0 Å². The molecule has 1 aromatic heterocycles. The predicted molar refractivity (Wildman–Crippen MR) is 89.7 cm³/mol. The standard InChI is InChI=1S/C16H16ClFN2O4S/c1-8(20-25(2,22)23)13-10(5-6-12(17)14(13)18)15(21)11-7-19-24-16(11)9-3-4-9/h5-9,20H,3-4H2,1-2H3. The largest absolute Gasteiger partial charge is 0.360 e. The van der Waals surface area contributed by atoms with Crippen molar-refractivity contribution in [2.45, 2.75) is 31.7 Å². The van der Waals surface area contributed by atoms with Crippen LogP contribution in [-0.2, 0) is 10.0 Å². The van der Waals surface area contributed by atoms with E-state index in [1.165, 1.54) is 25.3 Å². The molecule has 9 heteroatoms. The van der Waals surface area contributed by atoms with Crippen LogP contribution in [0.25, 0.3) is 0 Å². The van der Waals surface area contributed by atoms with E-state index in [0.29, 0.717) is 5.76 Å². The van der Waals surface area contributed by atoms with Gasteiger partial charge >= 0.3 is 0 Å². The minimum atomic E-state index is -3.61. The van der Waals surface area contributed by atoms with Crippen molar-refractivity contribution in [3.63, 3.8) is 0 Å². The molecule has 25 heavy (non-hydrogen) atoms. The molecule has 0 saturated heterocycles. The number of hydrogen-bond acceptors (Lipinski definition) is 5. The maximum atomic E-state index is 14.6. The first-order valence-electron chi connectivity index (χ1n) is 7.63. The Morgan fingerprint density at radius 3 is 2.68 bits per heavy atom. The molecule has 0 bridgehead atoms. The zero-order chi connectivity index (χ0) is 18.4. The zero-order valence-electron chi connectivity index (χ0n) is 13.5. The van der Waals surface area contributed by atoms with Gasteiger partial charge in [0.25, 0.3) is 0 Å². The van der Waals surface area contributed by atoms with Crippen LogP contribution < -0.4 is 4.72 Å². The smallest absolute Gasteiger partial charge is 0.209 e. The van der Waals surface area contributed by atoms with E-state index < -0.39 is 27.7 Å². The number of ketones is 1. The molecule has 2 aromatic rings. The second kappa shape index (κ2) is 6.51. The van der Waals surface area contributed by atoms with Gasteiger partial charge in [-0.1, -0.05) is 16.8 Å². The van der Waals surface area contributed by atoms with Crippen LogP contribution in [0.15, 0.2) is 22.9 Å². The van der Waals surface area contributed by atoms with Crippen molar-refractivity contribution in [1.29, 1.82) is 0 Å². The summed E-state index contributed by atoms with van der Waals surface area (Å²) in [7, 11) is -3.61. The van der Waals surface area contributed by atoms with Gasteiger partial charge in [-0.15, -0.1) is 0 Å². The molecule has 1 atom stereocenters. The Bertz CT molecular complexity index is 938. The Kier molecular flexibility index (Phi) is 4.70. The fourth-order valence-electron chi connectivity index (χ4n) is 2.77. The molecule has 1 heterocycles. The first-order chi connectivity index (χ1) is 11.7. The Balaban J connectivity index is 2.08. The summed E-state index contributed by atoms with van der Waals surface area (Å²) in [6, 6.07) is 1.68. The number of aromatic nitrogens is 1. The van der Waals surface area contributed by atoms with E-state index in [0.717, 1.165) is 19.1 Å². The molecule has 1 aliphatic carbocycles. The normalized spacial score (nSPS) is 16.0. The molecule has 1 saturated carbocycles. The number of carbonyl (C=O) groups is 1. The van der Waals surface area contributed by atoms with Crippen LogP contribution in [-0.4, -0.2) is 25.6 Å². The number of sulfonamides is 1. The van der Waals surface area contributed by atoms with Crippen molar-refractivity contribution in [1.82, 2.24) is 9.88 Å². The summed E-state index contributed by atoms with van der Waals surface area (Å²) in [5.74, 6) is -0.680. The molecular weight excluding hydrogens is 371 g/mol. The average Bonchev–Trinajstić information content (AvgIpc) is 3.24. The van der Waals surface area contributed by atoms with Gasteiger partial charge in [0.05, 0.1) is 23.0 Å². The van der Waals surface area contributed by atoms with Crippen LogP contribution in [0.2, 0.25) is 5.02 Å². The Labute approximate surface area is 149 Å². The van der Waals surface area contributed by atoms with Crippen molar-refractivity contribution in [2.75, 3.05) is 6.26 Å². The highest BCUT2D eigenvalue weighted by Crippen LogP contribution is 2.42. The molecule has 3 rings (SSSR count). The van der Waals surface area contributed by atoms with E-state index in [1.54, 1.807) is 0 Å². The third-order valence-electron chi connectivity index (χ3n) is 3.99. The minimum absolute atomic E-state index is 0.0238. The van der Waals surface area contributed by atoms with Crippen molar-refractivity contribution in [3.05, 3.63) is 51.6 Å². The highest BCUT2D eigenvalue weighted by molar-refractivity contribution is 7.88. The molecule has 0 spiro atoms. The second-order valence-corrected chi connectivity index (χ2v) is 8.33. The summed E-state index contributed by atoms with van der Waals surface area (Å²) in [6.07, 6.45) is 4.08. The minimum Gasteiger partial charge on any atom is -0.360 e. The van der Waals surface area contributed by atoms with Gasteiger partial charge < -0.3 is 4.52 Å². The number of nitrogens with one attached hydrogen (secondary N) is 1. The van der Waals surface area contributed by atoms with E-state index in [2.05, 4.69) is 9.88 Å². The van der Waals surface area contributed by atoms with Gasteiger partial charge in [-0.05, 0) is 31.9 Å². The Morgan fingerprint density at radius 2 is 2.08 bits per heavy atom. The molecule has 1 unspecified atom stereocenters. The maximum Gasteiger partial charge on any atom is 0.209 e. The number of rotatable bonds is 6. The van der Waals surface area contributed by atoms with Crippen molar-refractivity contribution >= 4 is 27.4 Å². The summed E-state index contributed by atoms with van der Waals surface area (Å²) in [5.41, 5.74) is 0.179. The third-order valence-corrected chi connectivity index (χ3v) is 5.07. The SMILES string of the molecule is CC(NS(C)(=O)=O)c1c(C(=O)c2cnoc2C2CC2)ccc(Cl)c1F. The van der Waals surface area contributed by atoms with Crippen molar-refractivity contribution in [2.24, 2.45) is 0 Å². The topological polar surface area (TPSA) is 89.3 Å². The Morgan fingerprint density at radius 1 is 1.40 bits per heavy atom. The summed E-state index contributed by atoms with van der Waals surface area (Å²) in [6.45, 7) is 1.45. The van der Waals surface area contributed by atoms with Gasteiger partial charge in [-0.25, -0.2) is 17.5 Å². The van der Waals surface area contributed by atoms with Gasteiger partial charge in [0.1, 0.15) is 5.82 Å². The molecule has 6 nitrogen and oxygen atoms in total. The van der Waals surface area contributed by atoms with Crippen molar-refractivity contribution in [3.8, 4) is 0 Å². The molecule has 1 N–H and O–H groups in total. The number of halogens is 2. The fourth-order valence-corrected chi connectivity index (χ4v) is 3.70. The molecule has 0 amide bonds. The molecular formula is C16H16ClFN2O4S. The summed E-state index contributed by atoms with van der Waals surface area (Å²) in [4.78, 5) is 12.9. The highest BCUT2D eigenvalue weighted by Gasteiger charge is 2.34. The second-order valence-electron chi connectivity index (χ2n) is 6.14. The van der Waals surface area contributed by atoms with Gasteiger partial charge in [0.15, 0.2) is 11.5 Å². The van der Waals surface area contributed by atoms with Gasteiger partial charge in [-0.2, -0.15) is 0 Å². The first kappa shape index (κ1) is 18.0. The monoisotopic (exact) mass is 386 g/mol. The molecule has 0 aliphatic heterocycles. The van der Waals surface area contributed by atoms with Gasteiger partial charge in [-0.3, -0.25) is 4.79 Å². The van der Waals surface area contributed by atoms with E-state index in [1.807, 2.05) is 0 Å². The van der Waals surface area contributed by atoms with Gasteiger partial charge in [0.2, 0.25) is 10.0 Å². The van der Waals surface area contributed by atoms with E-state index in [9.17, 15) is 17.6 Å². The molecule has 1 aliphatic rings. The quantitative estimate of drug-likeness (QED) is 0.770. The summed E-state index contributed by atoms with van der Waals surface area (Å²) >= 11 is 5.83. The van der Waals surface area contributed by atoms with E-state index in [-0.39, 0.29) is 27.6 Å². The third kappa shape index (κ3) is 3.75. The molecule has 1 fully saturated rings. The number of benzene rings is 1. The summed E-state index contributed by atoms with van der Waals surface area (Å²) in [5, 5.41) is 3.48. The lowest BCUT2D eigenvalue weighted by Gasteiger charge is -2.18. The van der Waals surface area contributed by atoms with Crippen molar-refractivity contribution < 1.29 is 22.1 Å². The summed E-state index contributed by atoms with van der Waals surface area (Å²) < 4.78 is 45.0. The Hall–Kier alpha value is -1.77. The fraction of sp³-hybridized carbons (Fsp3) is 0.375. The molecule has 1 aromatic carbocycles. The number of nitrogens with zero attached hydrogens (tertiary/aromatic N) is 1. The van der Waals surface area contributed by atoms with Crippen LogP contribution in [0.3, 0.4) is 0 Å². The van der Waals surface area contributed by atoms with Crippen LogP contribution in [0.4, 0.5) is 4.39 Å². The highest BCUT2D eigenvalue weighted by atomic mass is 35.5. The maximum absolute atomic E-state index is 14.6. The van der Waals surface area contributed by atoms with E-state index >= 15 is 0 Å². The van der Waals surface area contributed by atoms with Gasteiger partial charge in [0, 0.05) is 23.1 Å². The van der Waals surface area contributed by atoms with E-state index in [4.69, 9.17) is 16.1 Å². The van der Waals surface area contributed by atoms with Crippen LogP contribution in [0, 0.1) is 5.82 Å². The lowest BCUT2D eigenvalue weighted by Crippen LogP contribution is -2.27. The zero-order valence-corrected chi connectivity index (χ0v) is 15.1.